The van der Waals surface area contributed by atoms with Crippen molar-refractivity contribution >= 4 is 35.2 Å². The monoisotopic (exact) mass is 866 g/mol. The van der Waals surface area contributed by atoms with Crippen LogP contribution in [-0.4, -0.2) is 98.9 Å². The van der Waals surface area contributed by atoms with Gasteiger partial charge in [0.05, 0.1) is 19.3 Å². The van der Waals surface area contributed by atoms with Crippen LogP contribution >= 0.6 is 23.5 Å². The molecule has 0 spiro atoms. The molecule has 2 heterocycles. The quantitative estimate of drug-likeness (QED) is 0.0212. The number of nitrogens with zero attached hydrogens (tertiary/aromatic N) is 7. The molecule has 0 bridgehead atoms. The number of ketones is 1. The summed E-state index contributed by atoms with van der Waals surface area (Å²) in [5.74, 6) is 4.30. The number of nitrogens with two attached hydrogens (primary N) is 1. The predicted molar refractivity (Wildman–Crippen MR) is 187 cm³/mol. The minimum atomic E-state index is -5.84. The number of hydrogen-bond acceptors (Lipinski definition) is 17. The molecule has 1 aromatic heterocycles. The van der Waals surface area contributed by atoms with Crippen LogP contribution in [0.5, 0.6) is 5.75 Å². The first kappa shape index (κ1) is 46.7. The number of Topliss-reactive ketones (excluding diaryl/α,β-unsaturated/α-hetero) is 1. The first-order chi connectivity index (χ1) is 26.8. The number of nitrogens with one attached hydrogen (secondary N) is 2. The summed E-state index contributed by atoms with van der Waals surface area (Å²) in [6.07, 6.45) is -4.30. The lowest BCUT2D eigenvalue weighted by molar-refractivity contribution is -0.127. The molecule has 1 amide bonds. The summed E-state index contributed by atoms with van der Waals surface area (Å²) in [7, 11) is -17.1. The van der Waals surface area contributed by atoms with E-state index in [0.717, 1.165) is 10.8 Å². The lowest BCUT2D eigenvalue weighted by Gasteiger charge is -2.20. The Labute approximate surface area is 318 Å². The van der Waals surface area contributed by atoms with E-state index in [1.165, 1.54) is 6.07 Å². The van der Waals surface area contributed by atoms with E-state index in [1.807, 2.05) is 4.98 Å². The molecule has 1 aromatic carbocycles. The maximum atomic E-state index is 12.7. The summed E-state index contributed by atoms with van der Waals surface area (Å²) >= 11 is 0. The Morgan fingerprint density at radius 2 is 1.89 bits per heavy atom. The van der Waals surface area contributed by atoms with Crippen molar-refractivity contribution in [3.63, 3.8) is 0 Å². The maximum absolute atomic E-state index is 12.7. The van der Waals surface area contributed by atoms with Crippen LogP contribution < -0.4 is 27.0 Å². The molecule has 310 valence electrons. The SMILES string of the molecule is [N-]=[N+]=NCOC1C[C@H](n2cc(C#CCNC(=O)COC(COc3cccc(C(=O)CCN)c3)N=[N+]=[N-])c(=O)[nH]c2=O)O[C@@H]1COP(=O)(O)OP(=O)(O)OP(=O)(O)O. The highest BCUT2D eigenvalue weighted by Crippen LogP contribution is 2.66. The van der Waals surface area contributed by atoms with E-state index in [9.17, 15) is 42.7 Å². The van der Waals surface area contributed by atoms with Crippen molar-refractivity contribution in [3.05, 3.63) is 83.3 Å². The van der Waals surface area contributed by atoms with Gasteiger partial charge in [-0.1, -0.05) is 34.2 Å². The molecule has 1 fully saturated rings. The number of amides is 1. The Hall–Kier alpha value is -4.73. The van der Waals surface area contributed by atoms with Crippen molar-refractivity contribution in [3.8, 4) is 17.6 Å². The van der Waals surface area contributed by atoms with Crippen molar-refractivity contribution in [1.82, 2.24) is 14.9 Å². The van der Waals surface area contributed by atoms with Crippen LogP contribution in [0.15, 0.2) is 50.3 Å². The second-order valence-electron chi connectivity index (χ2n) is 10.9. The van der Waals surface area contributed by atoms with Crippen LogP contribution in [0.3, 0.4) is 0 Å². The molecule has 0 radical (unpaired) electrons. The zero-order chi connectivity index (χ0) is 42.2. The minimum Gasteiger partial charge on any atom is -0.491 e. The van der Waals surface area contributed by atoms with Crippen molar-refractivity contribution in [2.45, 2.75) is 37.5 Å². The smallest absolute Gasteiger partial charge is 0.490 e. The Bertz CT molecular complexity index is 2190. The molecular weight excluding hydrogens is 833 g/mol. The number of rotatable bonds is 22. The molecule has 1 aliphatic heterocycles. The maximum Gasteiger partial charge on any atom is 0.490 e. The highest BCUT2D eigenvalue weighted by molar-refractivity contribution is 7.66. The average molecular weight is 867 g/mol. The van der Waals surface area contributed by atoms with Crippen molar-refractivity contribution in [2.75, 3.05) is 39.6 Å². The van der Waals surface area contributed by atoms with E-state index in [-0.39, 0.29) is 49.6 Å². The number of carbonyl (C=O) groups is 2. The Morgan fingerprint density at radius 3 is 2.58 bits per heavy atom. The molecule has 2 aromatic rings. The van der Waals surface area contributed by atoms with Crippen LogP contribution in [0.1, 0.15) is 35.0 Å². The van der Waals surface area contributed by atoms with E-state index >= 15 is 0 Å². The molecule has 3 rings (SSSR count). The number of aromatic nitrogens is 2. The molecule has 1 saturated heterocycles. The summed E-state index contributed by atoms with van der Waals surface area (Å²) in [5.41, 5.74) is 20.9. The number of ether oxygens (including phenoxy) is 4. The highest BCUT2D eigenvalue weighted by Gasteiger charge is 2.43. The number of aromatic amines is 1. The molecule has 28 nitrogen and oxygen atoms in total. The van der Waals surface area contributed by atoms with Crippen LogP contribution in [0, 0.1) is 11.8 Å². The summed E-state index contributed by atoms with van der Waals surface area (Å²) in [6, 6.07) is 6.18. The van der Waals surface area contributed by atoms with Gasteiger partial charge in [-0.05, 0) is 29.7 Å². The fourth-order valence-corrected chi connectivity index (χ4v) is 7.52. The van der Waals surface area contributed by atoms with E-state index in [0.29, 0.717) is 5.56 Å². The number of phosphoric acid groups is 3. The Morgan fingerprint density at radius 1 is 1.14 bits per heavy atom. The second kappa shape index (κ2) is 21.7. The Balaban J connectivity index is 1.62. The molecule has 8 N–H and O–H groups in total. The third kappa shape index (κ3) is 16.3. The largest absolute Gasteiger partial charge is 0.491 e. The second-order valence-corrected chi connectivity index (χ2v) is 15.3. The van der Waals surface area contributed by atoms with Gasteiger partial charge in [-0.15, -0.1) is 0 Å². The molecule has 0 saturated carbocycles. The summed E-state index contributed by atoms with van der Waals surface area (Å²) in [6.45, 7) is -2.70. The highest BCUT2D eigenvalue weighted by atomic mass is 31.3. The summed E-state index contributed by atoms with van der Waals surface area (Å²) in [5, 5.41) is 8.98. The van der Waals surface area contributed by atoms with Crippen molar-refractivity contribution < 1.29 is 75.0 Å². The lowest BCUT2D eigenvalue weighted by atomic mass is 10.1. The van der Waals surface area contributed by atoms with Gasteiger partial charge in [0.2, 0.25) is 5.91 Å². The van der Waals surface area contributed by atoms with Crippen LogP contribution in [0.25, 0.3) is 20.9 Å². The van der Waals surface area contributed by atoms with Gasteiger partial charge in [-0.3, -0.25) is 28.5 Å². The van der Waals surface area contributed by atoms with Crippen molar-refractivity contribution in [2.24, 2.45) is 16.0 Å². The topological polar surface area (TPSA) is 421 Å². The molecule has 6 atom stereocenters. The van der Waals surface area contributed by atoms with E-state index in [4.69, 9.17) is 45.5 Å². The number of phosphoric ester groups is 1. The third-order valence-corrected chi connectivity index (χ3v) is 10.6. The van der Waals surface area contributed by atoms with Gasteiger partial charge in [0, 0.05) is 34.4 Å². The minimum absolute atomic E-state index is 0.132. The predicted octanol–water partition coefficient (Wildman–Crippen LogP) is 0.552. The third-order valence-electron chi connectivity index (χ3n) is 6.79. The zero-order valence-electron chi connectivity index (χ0n) is 28.9. The van der Waals surface area contributed by atoms with Gasteiger partial charge in [0.15, 0.2) is 12.0 Å². The fourth-order valence-electron chi connectivity index (χ4n) is 4.49. The molecular formula is C26H33N10O18P3. The zero-order valence-corrected chi connectivity index (χ0v) is 31.6. The number of hydrogen-bond donors (Lipinski definition) is 7. The van der Waals surface area contributed by atoms with Gasteiger partial charge in [0.1, 0.15) is 43.6 Å². The number of H-pyrrole nitrogens is 1. The van der Waals surface area contributed by atoms with E-state index in [2.05, 4.69) is 50.4 Å². The molecule has 4 unspecified atom stereocenters. The molecule has 57 heavy (non-hydrogen) atoms. The standard InChI is InChI=1S/C26H33N10O18P3/c27-7-6-19(37)16-3-1-5-18(9-16)48-14-23(33-35-29)49-13-22(38)30-8-2-4-17-11-36(26(40)32-25(17)39)24-10-20(50-15-31-34-28)21(52-24)12-51-56(44,45)54-57(46,47)53-55(41,42)43/h1,3,5,9,11,20-21,23-24H,6-8,10,12-15,27H2,(H,30,38)(H,44,45)(H,46,47)(H,32,39,40)(H2,41,42,43)/t20?,21-,23?,24-/m1/s1. The average Bonchev–Trinajstić information content (AvgIpc) is 3.52. The lowest BCUT2D eigenvalue weighted by Crippen LogP contribution is -2.34. The normalized spacial score (nSPS) is 19.0. The first-order valence-corrected chi connectivity index (χ1v) is 20.2. The van der Waals surface area contributed by atoms with E-state index < -0.39 is 85.2 Å². The van der Waals surface area contributed by atoms with Crippen LogP contribution in [0.4, 0.5) is 0 Å². The molecule has 0 aliphatic carbocycles. The van der Waals surface area contributed by atoms with Crippen molar-refractivity contribution in [1.29, 1.82) is 0 Å². The van der Waals surface area contributed by atoms with E-state index in [1.54, 1.807) is 18.2 Å². The molecule has 1 aliphatic rings. The van der Waals surface area contributed by atoms with Gasteiger partial charge in [-0.2, -0.15) is 8.62 Å². The van der Waals surface area contributed by atoms with Gasteiger partial charge in [0.25, 0.3) is 5.56 Å². The summed E-state index contributed by atoms with van der Waals surface area (Å²) < 4.78 is 69.3. The summed E-state index contributed by atoms with van der Waals surface area (Å²) in [4.78, 5) is 93.3. The van der Waals surface area contributed by atoms with Crippen LogP contribution in [0.2, 0.25) is 0 Å². The Kier molecular flexibility index (Phi) is 17.8. The van der Waals surface area contributed by atoms with Gasteiger partial charge in [-0.25, -0.2) is 18.5 Å². The van der Waals surface area contributed by atoms with Crippen LogP contribution in [-0.2, 0) is 45.8 Å². The van der Waals surface area contributed by atoms with Gasteiger partial charge >= 0.3 is 29.2 Å². The fraction of sp³-hybridized carbons (Fsp3) is 0.462. The number of carbonyl (C=O) groups excluding carboxylic acids is 2. The number of azide groups is 2. The number of benzene rings is 1. The molecule has 31 heteroatoms. The first-order valence-electron chi connectivity index (χ1n) is 15.6. The van der Waals surface area contributed by atoms with Gasteiger partial charge < -0.3 is 49.6 Å².